The molecule has 0 fully saturated rings. The minimum atomic E-state index is 0.980. The first kappa shape index (κ1) is 12.2. The second-order valence-corrected chi connectivity index (χ2v) is 3.87. The molecule has 15 heavy (non-hydrogen) atoms. The Morgan fingerprint density at radius 3 is 2.67 bits per heavy atom. The molecule has 0 heterocycles. The van der Waals surface area contributed by atoms with Crippen molar-refractivity contribution in [2.24, 2.45) is 0 Å². The average molecular weight is 206 g/mol. The molecule has 0 aliphatic carbocycles. The van der Waals surface area contributed by atoms with Crippen molar-refractivity contribution in [2.45, 2.75) is 26.8 Å². The van der Waals surface area contributed by atoms with Gasteiger partial charge in [0.1, 0.15) is 0 Å². The molecule has 0 aromatic heterocycles. The Balaban J connectivity index is 2.10. The summed E-state index contributed by atoms with van der Waals surface area (Å²) >= 11 is 0. The Morgan fingerprint density at radius 2 is 1.93 bits per heavy atom. The van der Waals surface area contributed by atoms with Gasteiger partial charge >= 0.3 is 0 Å². The molecule has 0 atom stereocenters. The fourth-order valence-electron chi connectivity index (χ4n) is 1.57. The van der Waals surface area contributed by atoms with Crippen LogP contribution in [0.5, 0.6) is 0 Å². The predicted molar refractivity (Wildman–Crippen MR) is 66.0 cm³/mol. The molecule has 0 amide bonds. The Morgan fingerprint density at radius 1 is 1.13 bits per heavy atom. The van der Waals surface area contributed by atoms with Crippen LogP contribution in [0.2, 0.25) is 0 Å². The standard InChI is InChI=1S/C13H22N2/c1-3-14-8-5-9-15-11-13-7-4-6-12(2)10-13/h4,6-7,10,14-15H,3,5,8-9,11H2,1-2H3. The molecule has 1 rings (SSSR count). The van der Waals surface area contributed by atoms with Crippen molar-refractivity contribution in [1.82, 2.24) is 10.6 Å². The lowest BCUT2D eigenvalue weighted by molar-refractivity contribution is 0.606. The quantitative estimate of drug-likeness (QED) is 0.667. The smallest absolute Gasteiger partial charge is 0.0205 e. The number of aryl methyl sites for hydroxylation is 1. The summed E-state index contributed by atoms with van der Waals surface area (Å²) in [6.07, 6.45) is 1.19. The average Bonchev–Trinajstić information content (AvgIpc) is 2.23. The van der Waals surface area contributed by atoms with Gasteiger partial charge in [0.15, 0.2) is 0 Å². The van der Waals surface area contributed by atoms with E-state index in [1.807, 2.05) is 0 Å². The van der Waals surface area contributed by atoms with Crippen molar-refractivity contribution in [3.63, 3.8) is 0 Å². The topological polar surface area (TPSA) is 24.1 Å². The summed E-state index contributed by atoms with van der Waals surface area (Å²) in [5, 5.41) is 6.76. The summed E-state index contributed by atoms with van der Waals surface area (Å²) in [7, 11) is 0. The van der Waals surface area contributed by atoms with Crippen LogP contribution in [-0.2, 0) is 6.54 Å². The zero-order valence-corrected chi connectivity index (χ0v) is 9.84. The van der Waals surface area contributed by atoms with Gasteiger partial charge in [-0.05, 0) is 38.5 Å². The zero-order chi connectivity index (χ0) is 10.9. The molecule has 0 unspecified atom stereocenters. The first-order valence-corrected chi connectivity index (χ1v) is 5.80. The maximum absolute atomic E-state index is 3.45. The molecule has 84 valence electrons. The molecule has 2 N–H and O–H groups in total. The highest BCUT2D eigenvalue weighted by molar-refractivity contribution is 5.21. The van der Waals surface area contributed by atoms with Gasteiger partial charge in [-0.1, -0.05) is 36.8 Å². The van der Waals surface area contributed by atoms with Gasteiger partial charge < -0.3 is 10.6 Å². The molecule has 2 heteroatoms. The Hall–Kier alpha value is -0.860. The van der Waals surface area contributed by atoms with Gasteiger partial charge in [0.2, 0.25) is 0 Å². The van der Waals surface area contributed by atoms with E-state index >= 15 is 0 Å². The van der Waals surface area contributed by atoms with E-state index in [0.29, 0.717) is 0 Å². The molecule has 1 aromatic carbocycles. The first-order chi connectivity index (χ1) is 7.33. The third kappa shape index (κ3) is 5.55. The summed E-state index contributed by atoms with van der Waals surface area (Å²) in [6, 6.07) is 8.65. The van der Waals surface area contributed by atoms with Crippen LogP contribution >= 0.6 is 0 Å². The van der Waals surface area contributed by atoms with Crippen molar-refractivity contribution in [3.05, 3.63) is 35.4 Å². The zero-order valence-electron chi connectivity index (χ0n) is 9.84. The van der Waals surface area contributed by atoms with Gasteiger partial charge in [-0.25, -0.2) is 0 Å². The molecule has 2 nitrogen and oxygen atoms in total. The molecule has 0 saturated heterocycles. The Labute approximate surface area is 93.1 Å². The van der Waals surface area contributed by atoms with Gasteiger partial charge in [-0.2, -0.15) is 0 Å². The molecule has 0 aliphatic heterocycles. The lowest BCUT2D eigenvalue weighted by Crippen LogP contribution is -2.21. The largest absolute Gasteiger partial charge is 0.317 e. The maximum atomic E-state index is 3.45. The van der Waals surface area contributed by atoms with E-state index < -0.39 is 0 Å². The lowest BCUT2D eigenvalue weighted by atomic mass is 10.1. The fraction of sp³-hybridized carbons (Fsp3) is 0.538. The number of hydrogen-bond acceptors (Lipinski definition) is 2. The minimum absolute atomic E-state index is 0.980. The van der Waals surface area contributed by atoms with Crippen LogP contribution in [0.25, 0.3) is 0 Å². The highest BCUT2D eigenvalue weighted by Crippen LogP contribution is 2.02. The second kappa shape index (κ2) is 7.43. The van der Waals surface area contributed by atoms with Crippen molar-refractivity contribution in [2.75, 3.05) is 19.6 Å². The van der Waals surface area contributed by atoms with E-state index in [0.717, 1.165) is 26.2 Å². The minimum Gasteiger partial charge on any atom is -0.317 e. The molecule has 0 saturated carbocycles. The van der Waals surface area contributed by atoms with Crippen molar-refractivity contribution >= 4 is 0 Å². The third-order valence-corrected chi connectivity index (χ3v) is 2.37. The number of benzene rings is 1. The van der Waals surface area contributed by atoms with Crippen LogP contribution < -0.4 is 10.6 Å². The van der Waals surface area contributed by atoms with Gasteiger partial charge in [0, 0.05) is 6.54 Å². The molecular formula is C13H22N2. The maximum Gasteiger partial charge on any atom is 0.0205 e. The number of rotatable bonds is 7. The summed E-state index contributed by atoms with van der Waals surface area (Å²) in [4.78, 5) is 0. The van der Waals surface area contributed by atoms with Crippen LogP contribution in [0, 0.1) is 6.92 Å². The van der Waals surface area contributed by atoms with Crippen LogP contribution in [0.4, 0.5) is 0 Å². The normalized spacial score (nSPS) is 10.5. The van der Waals surface area contributed by atoms with Crippen LogP contribution in [0.3, 0.4) is 0 Å². The van der Waals surface area contributed by atoms with E-state index in [1.165, 1.54) is 17.5 Å². The van der Waals surface area contributed by atoms with Crippen molar-refractivity contribution in [1.29, 1.82) is 0 Å². The van der Waals surface area contributed by atoms with Crippen LogP contribution in [0.1, 0.15) is 24.5 Å². The van der Waals surface area contributed by atoms with Crippen LogP contribution in [-0.4, -0.2) is 19.6 Å². The molecule has 0 bridgehead atoms. The third-order valence-electron chi connectivity index (χ3n) is 2.37. The number of hydrogen-bond donors (Lipinski definition) is 2. The first-order valence-electron chi connectivity index (χ1n) is 5.80. The Bertz CT molecular complexity index is 271. The number of nitrogens with one attached hydrogen (secondary N) is 2. The molecule has 0 radical (unpaired) electrons. The van der Waals surface area contributed by atoms with Gasteiger partial charge in [0.25, 0.3) is 0 Å². The monoisotopic (exact) mass is 206 g/mol. The summed E-state index contributed by atoms with van der Waals surface area (Å²) in [5.41, 5.74) is 2.71. The highest BCUT2D eigenvalue weighted by Gasteiger charge is 1.92. The van der Waals surface area contributed by atoms with Crippen molar-refractivity contribution in [3.8, 4) is 0 Å². The molecular weight excluding hydrogens is 184 g/mol. The van der Waals surface area contributed by atoms with E-state index in [-0.39, 0.29) is 0 Å². The summed E-state index contributed by atoms with van der Waals surface area (Å²) in [5.74, 6) is 0. The van der Waals surface area contributed by atoms with Crippen molar-refractivity contribution < 1.29 is 0 Å². The lowest BCUT2D eigenvalue weighted by Gasteiger charge is -2.05. The Kier molecular flexibility index (Phi) is 6.05. The molecule has 0 spiro atoms. The van der Waals surface area contributed by atoms with E-state index in [9.17, 15) is 0 Å². The van der Waals surface area contributed by atoms with E-state index in [4.69, 9.17) is 0 Å². The van der Waals surface area contributed by atoms with E-state index in [1.54, 1.807) is 0 Å². The van der Waals surface area contributed by atoms with Gasteiger partial charge in [-0.3, -0.25) is 0 Å². The fourth-order valence-corrected chi connectivity index (χ4v) is 1.57. The van der Waals surface area contributed by atoms with Crippen LogP contribution in [0.15, 0.2) is 24.3 Å². The highest BCUT2D eigenvalue weighted by atomic mass is 14.9. The summed E-state index contributed by atoms with van der Waals surface area (Å²) < 4.78 is 0. The second-order valence-electron chi connectivity index (χ2n) is 3.87. The molecule has 0 aliphatic rings. The summed E-state index contributed by atoms with van der Waals surface area (Å²) in [6.45, 7) is 8.51. The molecule has 1 aromatic rings. The van der Waals surface area contributed by atoms with E-state index in [2.05, 4.69) is 48.7 Å². The van der Waals surface area contributed by atoms with Gasteiger partial charge in [0.05, 0.1) is 0 Å². The SMILES string of the molecule is CCNCCCNCc1cccc(C)c1. The van der Waals surface area contributed by atoms with Gasteiger partial charge in [-0.15, -0.1) is 0 Å². The predicted octanol–water partition coefficient (Wildman–Crippen LogP) is 2.08.